The lowest BCUT2D eigenvalue weighted by Gasteiger charge is -2.62. The van der Waals surface area contributed by atoms with Gasteiger partial charge in [0, 0.05) is 24.1 Å². The van der Waals surface area contributed by atoms with Gasteiger partial charge < -0.3 is 24.6 Å². The molecule has 0 aromatic heterocycles. The third-order valence-electron chi connectivity index (χ3n) is 6.20. The minimum atomic E-state index is -1.17. The smallest absolute Gasteiger partial charge is 0.168 e. The molecule has 1 aromatic carbocycles. The van der Waals surface area contributed by atoms with E-state index in [1.807, 2.05) is 51.2 Å². The Kier molecular flexibility index (Phi) is 6.16. The molecule has 2 fully saturated rings. The van der Waals surface area contributed by atoms with Gasteiger partial charge in [-0.25, -0.2) is 0 Å². The molecule has 1 saturated heterocycles. The summed E-state index contributed by atoms with van der Waals surface area (Å²) in [6, 6.07) is 5.74. The summed E-state index contributed by atoms with van der Waals surface area (Å²) < 4.78 is 11.0. The Hall–Kier alpha value is -1.08. The van der Waals surface area contributed by atoms with Gasteiger partial charge in [0.2, 0.25) is 0 Å². The lowest BCUT2D eigenvalue weighted by atomic mass is 9.56. The third kappa shape index (κ3) is 3.49. The van der Waals surface area contributed by atoms with E-state index in [-0.39, 0.29) is 12.7 Å². The van der Waals surface area contributed by atoms with E-state index in [4.69, 9.17) is 9.47 Å². The van der Waals surface area contributed by atoms with Crippen molar-refractivity contribution in [2.75, 3.05) is 33.9 Å². The molecule has 1 aliphatic carbocycles. The van der Waals surface area contributed by atoms with Gasteiger partial charge in [-0.3, -0.25) is 0 Å². The highest BCUT2D eigenvalue weighted by Crippen LogP contribution is 2.57. The first-order chi connectivity index (χ1) is 13.2. The maximum absolute atomic E-state index is 11.9. The minimum Gasteiger partial charge on any atom is -0.493 e. The van der Waals surface area contributed by atoms with Gasteiger partial charge in [0.15, 0.2) is 11.5 Å². The van der Waals surface area contributed by atoms with Crippen LogP contribution in [0.25, 0.3) is 6.08 Å². The number of hydrogen-bond donors (Lipinski definition) is 2. The number of likely N-dealkylation sites (tertiary alicyclic amines) is 1. The number of halogens is 1. The van der Waals surface area contributed by atoms with Gasteiger partial charge in [-0.2, -0.15) is 0 Å². The number of nitrogens with zero attached hydrogens (tertiary/aromatic N) is 1. The van der Waals surface area contributed by atoms with Gasteiger partial charge >= 0.3 is 0 Å². The fourth-order valence-electron chi connectivity index (χ4n) is 4.94. The summed E-state index contributed by atoms with van der Waals surface area (Å²) >= 11 is 3.88. The number of benzene rings is 1. The molecular weight excluding hydrogens is 422 g/mol. The average molecular weight is 454 g/mol. The predicted octanol–water partition coefficient (Wildman–Crippen LogP) is 3.47. The van der Waals surface area contributed by atoms with Crippen molar-refractivity contribution in [1.82, 2.24) is 4.90 Å². The highest BCUT2D eigenvalue weighted by Gasteiger charge is 2.65. The van der Waals surface area contributed by atoms with Crippen molar-refractivity contribution < 1.29 is 19.7 Å². The van der Waals surface area contributed by atoms with E-state index in [0.29, 0.717) is 18.0 Å². The Labute approximate surface area is 176 Å². The number of rotatable bonds is 6. The van der Waals surface area contributed by atoms with Gasteiger partial charge in [0.05, 0.1) is 24.1 Å². The van der Waals surface area contributed by atoms with Crippen LogP contribution >= 0.6 is 15.9 Å². The highest BCUT2D eigenvalue weighted by atomic mass is 79.9. The molecule has 0 spiro atoms. The predicted molar refractivity (Wildman–Crippen MR) is 115 cm³/mol. The standard InChI is InChI=1S/C22H32BrNO4/c1-16(2)28-19-17(7-5-8-18(19)27-4)9-12-22(26)20(15-25)10-6-11-21(22,23)14-24(3)13-20/h5,7-9,12,16,25-26H,6,10-11,13-15H2,1-4H3/b12-9-/t20-,21-,22-/m0/s1. The van der Waals surface area contributed by atoms with Crippen LogP contribution in [0.15, 0.2) is 24.3 Å². The maximum atomic E-state index is 11.9. The van der Waals surface area contributed by atoms with Crippen LogP contribution in [0.3, 0.4) is 0 Å². The van der Waals surface area contributed by atoms with Gasteiger partial charge in [-0.1, -0.05) is 46.6 Å². The van der Waals surface area contributed by atoms with E-state index < -0.39 is 15.3 Å². The quantitative estimate of drug-likeness (QED) is 0.645. The van der Waals surface area contributed by atoms with E-state index >= 15 is 0 Å². The monoisotopic (exact) mass is 453 g/mol. The molecule has 5 nitrogen and oxygen atoms in total. The van der Waals surface area contributed by atoms with Crippen molar-refractivity contribution in [3.8, 4) is 11.5 Å². The SMILES string of the molecule is COc1cccc(/C=C\[C@@]2(O)[C@]3(Br)CCC[C@@]2(CO)CN(C)C3)c1OC(C)C. The molecule has 0 radical (unpaired) electrons. The van der Waals surface area contributed by atoms with Crippen LogP contribution in [0.5, 0.6) is 11.5 Å². The van der Waals surface area contributed by atoms with E-state index in [9.17, 15) is 10.2 Å². The Bertz CT molecular complexity index is 739. The molecular formula is C22H32BrNO4. The molecule has 3 rings (SSSR count). The van der Waals surface area contributed by atoms with Crippen LogP contribution in [-0.2, 0) is 0 Å². The first-order valence-electron chi connectivity index (χ1n) is 9.94. The Morgan fingerprint density at radius 1 is 1.29 bits per heavy atom. The van der Waals surface area contributed by atoms with Crippen molar-refractivity contribution in [3.05, 3.63) is 29.8 Å². The Morgan fingerprint density at radius 3 is 2.68 bits per heavy atom. The molecule has 1 aromatic rings. The molecule has 2 bridgehead atoms. The molecule has 3 atom stereocenters. The Morgan fingerprint density at radius 2 is 2.04 bits per heavy atom. The number of fused-ring (bicyclic) bond motifs is 2. The fraction of sp³-hybridized carbons (Fsp3) is 0.636. The van der Waals surface area contributed by atoms with E-state index in [1.54, 1.807) is 7.11 Å². The van der Waals surface area contributed by atoms with Crippen molar-refractivity contribution in [1.29, 1.82) is 0 Å². The van der Waals surface area contributed by atoms with E-state index in [1.165, 1.54) is 0 Å². The summed E-state index contributed by atoms with van der Waals surface area (Å²) in [6.07, 6.45) is 6.41. The molecule has 2 aliphatic rings. The third-order valence-corrected chi connectivity index (χ3v) is 7.45. The zero-order valence-electron chi connectivity index (χ0n) is 17.2. The summed E-state index contributed by atoms with van der Waals surface area (Å²) in [5.41, 5.74) is -0.920. The van der Waals surface area contributed by atoms with Crippen molar-refractivity contribution in [2.24, 2.45) is 5.41 Å². The number of aliphatic hydroxyl groups excluding tert-OH is 1. The largest absolute Gasteiger partial charge is 0.493 e. The highest BCUT2D eigenvalue weighted by molar-refractivity contribution is 9.10. The zero-order chi connectivity index (χ0) is 20.6. The molecule has 6 heteroatoms. The molecule has 156 valence electrons. The minimum absolute atomic E-state index is 0.000508. The topological polar surface area (TPSA) is 62.2 Å². The molecule has 0 unspecified atom stereocenters. The van der Waals surface area contributed by atoms with Crippen LogP contribution in [0.1, 0.15) is 38.7 Å². The lowest BCUT2D eigenvalue weighted by molar-refractivity contribution is -0.163. The van der Waals surface area contributed by atoms with Gasteiger partial charge in [0.1, 0.15) is 5.60 Å². The molecule has 0 amide bonds. The van der Waals surface area contributed by atoms with Crippen LogP contribution in [0.2, 0.25) is 0 Å². The maximum Gasteiger partial charge on any atom is 0.168 e. The number of hydrogen-bond acceptors (Lipinski definition) is 5. The van der Waals surface area contributed by atoms with Crippen molar-refractivity contribution in [2.45, 2.75) is 49.1 Å². The summed E-state index contributed by atoms with van der Waals surface area (Å²) in [4.78, 5) is 2.20. The van der Waals surface area contributed by atoms with Gasteiger partial charge in [-0.05, 0) is 39.8 Å². The summed E-state index contributed by atoms with van der Waals surface area (Å²) in [7, 11) is 3.67. The molecule has 1 saturated carbocycles. The Balaban J connectivity index is 2.05. The lowest BCUT2D eigenvalue weighted by Crippen LogP contribution is -2.73. The summed E-state index contributed by atoms with van der Waals surface area (Å²) in [5, 5.41) is 22.3. The second-order valence-electron chi connectivity index (χ2n) is 8.57. The number of piperidine rings is 1. The van der Waals surface area contributed by atoms with Crippen LogP contribution in [0.4, 0.5) is 0 Å². The number of para-hydroxylation sites is 1. The average Bonchev–Trinajstić information content (AvgIpc) is 2.63. The van der Waals surface area contributed by atoms with Gasteiger partial charge in [0.25, 0.3) is 0 Å². The summed E-state index contributed by atoms with van der Waals surface area (Å²) in [5.74, 6) is 1.33. The molecule has 28 heavy (non-hydrogen) atoms. The second kappa shape index (κ2) is 7.98. The number of aliphatic hydroxyl groups is 2. The number of methoxy groups -OCH3 is 1. The van der Waals surface area contributed by atoms with Crippen LogP contribution < -0.4 is 9.47 Å². The van der Waals surface area contributed by atoms with Gasteiger partial charge in [-0.15, -0.1) is 0 Å². The normalized spacial score (nSPS) is 33.4. The first kappa shape index (κ1) is 21.6. The number of ether oxygens (including phenoxy) is 2. The van der Waals surface area contributed by atoms with E-state index in [2.05, 4.69) is 20.8 Å². The molecule has 2 N–H and O–H groups in total. The summed E-state index contributed by atoms with van der Waals surface area (Å²) in [6.45, 7) is 5.28. The van der Waals surface area contributed by atoms with Crippen LogP contribution in [0, 0.1) is 5.41 Å². The first-order valence-corrected chi connectivity index (χ1v) is 10.7. The number of alkyl halides is 1. The van der Waals surface area contributed by atoms with Crippen LogP contribution in [-0.4, -0.2) is 65.0 Å². The fourth-order valence-corrected chi connectivity index (χ4v) is 6.20. The van der Waals surface area contributed by atoms with E-state index in [0.717, 1.165) is 31.4 Å². The molecule has 1 aliphatic heterocycles. The van der Waals surface area contributed by atoms with Crippen molar-refractivity contribution >= 4 is 22.0 Å². The zero-order valence-corrected chi connectivity index (χ0v) is 18.8. The second-order valence-corrected chi connectivity index (χ2v) is 10.1. The van der Waals surface area contributed by atoms with Crippen molar-refractivity contribution in [3.63, 3.8) is 0 Å². The molecule has 1 heterocycles.